The minimum Gasteiger partial charge on any atom is -0.317 e. The molecule has 1 aromatic rings. The summed E-state index contributed by atoms with van der Waals surface area (Å²) in [6, 6.07) is 9.76. The fourth-order valence-electron chi connectivity index (χ4n) is 2.97. The standard InChI is InChI=1S/C17H28N2/c1-3-14-4-6-15(7-5-14)12-19-13-16-8-10-17(18-2)11-9-16/h4-7,16-19H,3,8-13H2,1-2H3. The van der Waals surface area contributed by atoms with Gasteiger partial charge in [-0.2, -0.15) is 0 Å². The van der Waals surface area contributed by atoms with Gasteiger partial charge >= 0.3 is 0 Å². The minimum absolute atomic E-state index is 0.762. The van der Waals surface area contributed by atoms with Crippen LogP contribution in [0, 0.1) is 5.92 Å². The lowest BCUT2D eigenvalue weighted by Gasteiger charge is -2.28. The summed E-state index contributed by atoms with van der Waals surface area (Å²) < 4.78 is 0. The van der Waals surface area contributed by atoms with Gasteiger partial charge in [0.25, 0.3) is 0 Å². The van der Waals surface area contributed by atoms with Crippen LogP contribution in [0.1, 0.15) is 43.7 Å². The Kier molecular flexibility index (Phi) is 5.87. The fourth-order valence-corrected chi connectivity index (χ4v) is 2.97. The summed E-state index contributed by atoms with van der Waals surface area (Å²) in [5.41, 5.74) is 2.83. The van der Waals surface area contributed by atoms with E-state index in [9.17, 15) is 0 Å². The Balaban J connectivity index is 1.66. The highest BCUT2D eigenvalue weighted by Gasteiger charge is 2.19. The smallest absolute Gasteiger partial charge is 0.0205 e. The lowest BCUT2D eigenvalue weighted by molar-refractivity contribution is 0.292. The Morgan fingerprint density at radius 3 is 2.21 bits per heavy atom. The van der Waals surface area contributed by atoms with Crippen molar-refractivity contribution in [2.24, 2.45) is 5.92 Å². The van der Waals surface area contributed by atoms with Crippen LogP contribution in [0.5, 0.6) is 0 Å². The molecular formula is C17H28N2. The van der Waals surface area contributed by atoms with Crippen molar-refractivity contribution in [3.8, 4) is 0 Å². The van der Waals surface area contributed by atoms with Crippen molar-refractivity contribution < 1.29 is 0 Å². The van der Waals surface area contributed by atoms with Crippen LogP contribution in [-0.4, -0.2) is 19.6 Å². The minimum atomic E-state index is 0.762. The Bertz CT molecular complexity index is 350. The normalized spacial score (nSPS) is 23.5. The number of benzene rings is 1. The first-order valence-electron chi connectivity index (χ1n) is 7.77. The monoisotopic (exact) mass is 260 g/mol. The van der Waals surface area contributed by atoms with Crippen LogP contribution in [0.2, 0.25) is 0 Å². The molecule has 0 spiro atoms. The molecule has 0 unspecified atom stereocenters. The van der Waals surface area contributed by atoms with Gasteiger partial charge in [0.05, 0.1) is 0 Å². The van der Waals surface area contributed by atoms with E-state index in [0.29, 0.717) is 0 Å². The maximum absolute atomic E-state index is 3.62. The molecule has 0 aliphatic heterocycles. The first-order chi connectivity index (χ1) is 9.31. The summed E-state index contributed by atoms with van der Waals surface area (Å²) in [6.07, 6.45) is 6.55. The SMILES string of the molecule is CCc1ccc(CNCC2CCC(NC)CC2)cc1. The van der Waals surface area contributed by atoms with Crippen molar-refractivity contribution >= 4 is 0 Å². The lowest BCUT2D eigenvalue weighted by Crippen LogP contribution is -2.33. The number of aryl methyl sites for hydroxylation is 1. The zero-order chi connectivity index (χ0) is 13.5. The molecule has 0 radical (unpaired) electrons. The average molecular weight is 260 g/mol. The summed E-state index contributed by atoms with van der Waals surface area (Å²) >= 11 is 0. The molecule has 2 nitrogen and oxygen atoms in total. The molecular weight excluding hydrogens is 232 g/mol. The van der Waals surface area contributed by atoms with Crippen molar-refractivity contribution in [1.29, 1.82) is 0 Å². The molecule has 106 valence electrons. The van der Waals surface area contributed by atoms with Crippen molar-refractivity contribution in [3.63, 3.8) is 0 Å². The van der Waals surface area contributed by atoms with E-state index in [-0.39, 0.29) is 0 Å². The van der Waals surface area contributed by atoms with Gasteiger partial charge in [0.15, 0.2) is 0 Å². The summed E-state index contributed by atoms with van der Waals surface area (Å²) in [5, 5.41) is 7.02. The molecule has 1 aliphatic carbocycles. The molecule has 2 N–H and O–H groups in total. The maximum atomic E-state index is 3.62. The Morgan fingerprint density at radius 1 is 1.00 bits per heavy atom. The molecule has 0 atom stereocenters. The molecule has 0 bridgehead atoms. The van der Waals surface area contributed by atoms with Crippen molar-refractivity contribution in [2.75, 3.05) is 13.6 Å². The van der Waals surface area contributed by atoms with Crippen LogP contribution in [0.4, 0.5) is 0 Å². The highest BCUT2D eigenvalue weighted by Crippen LogP contribution is 2.23. The summed E-state index contributed by atoms with van der Waals surface area (Å²) in [6.45, 7) is 4.39. The van der Waals surface area contributed by atoms with Gasteiger partial charge < -0.3 is 10.6 Å². The molecule has 1 saturated carbocycles. The Labute approximate surface area is 118 Å². The predicted molar refractivity (Wildman–Crippen MR) is 82.3 cm³/mol. The van der Waals surface area contributed by atoms with E-state index in [1.54, 1.807) is 0 Å². The van der Waals surface area contributed by atoms with Crippen LogP contribution >= 0.6 is 0 Å². The molecule has 2 heteroatoms. The van der Waals surface area contributed by atoms with Crippen molar-refractivity contribution in [2.45, 2.75) is 51.6 Å². The first-order valence-corrected chi connectivity index (χ1v) is 7.77. The Hall–Kier alpha value is -0.860. The molecule has 0 amide bonds. The molecule has 0 aromatic heterocycles. The maximum Gasteiger partial charge on any atom is 0.0205 e. The quantitative estimate of drug-likeness (QED) is 0.821. The molecule has 2 rings (SSSR count). The Morgan fingerprint density at radius 2 is 1.63 bits per heavy atom. The number of nitrogens with one attached hydrogen (secondary N) is 2. The predicted octanol–water partition coefficient (Wildman–Crippen LogP) is 3.12. The van der Waals surface area contributed by atoms with Crippen LogP contribution in [-0.2, 0) is 13.0 Å². The number of hydrogen-bond acceptors (Lipinski definition) is 2. The molecule has 0 saturated heterocycles. The average Bonchev–Trinajstić information content (AvgIpc) is 2.49. The molecule has 1 aromatic carbocycles. The van der Waals surface area contributed by atoms with Gasteiger partial charge in [-0.15, -0.1) is 0 Å². The molecule has 0 heterocycles. The van der Waals surface area contributed by atoms with Gasteiger partial charge in [0.2, 0.25) is 0 Å². The van der Waals surface area contributed by atoms with Crippen LogP contribution in [0.15, 0.2) is 24.3 Å². The highest BCUT2D eigenvalue weighted by atomic mass is 14.9. The van der Waals surface area contributed by atoms with Crippen molar-refractivity contribution in [3.05, 3.63) is 35.4 Å². The van der Waals surface area contributed by atoms with Gasteiger partial charge in [0.1, 0.15) is 0 Å². The van der Waals surface area contributed by atoms with E-state index in [0.717, 1.165) is 24.9 Å². The van der Waals surface area contributed by atoms with E-state index in [4.69, 9.17) is 0 Å². The summed E-state index contributed by atoms with van der Waals surface area (Å²) in [5.74, 6) is 0.875. The van der Waals surface area contributed by atoms with Gasteiger partial charge in [-0.25, -0.2) is 0 Å². The lowest BCUT2D eigenvalue weighted by atomic mass is 9.86. The van der Waals surface area contributed by atoms with Gasteiger partial charge in [-0.3, -0.25) is 0 Å². The van der Waals surface area contributed by atoms with Crippen LogP contribution in [0.25, 0.3) is 0 Å². The second kappa shape index (κ2) is 7.66. The van der Waals surface area contributed by atoms with E-state index >= 15 is 0 Å². The van der Waals surface area contributed by atoms with E-state index in [1.165, 1.54) is 43.4 Å². The van der Waals surface area contributed by atoms with E-state index < -0.39 is 0 Å². The van der Waals surface area contributed by atoms with Crippen LogP contribution < -0.4 is 10.6 Å². The zero-order valence-corrected chi connectivity index (χ0v) is 12.4. The first kappa shape index (κ1) is 14.5. The van der Waals surface area contributed by atoms with Gasteiger partial charge in [-0.1, -0.05) is 31.2 Å². The fraction of sp³-hybridized carbons (Fsp3) is 0.647. The molecule has 1 aliphatic rings. The van der Waals surface area contributed by atoms with Crippen LogP contribution in [0.3, 0.4) is 0 Å². The largest absolute Gasteiger partial charge is 0.317 e. The summed E-state index contributed by atoms with van der Waals surface area (Å²) in [4.78, 5) is 0. The molecule has 19 heavy (non-hydrogen) atoms. The third kappa shape index (κ3) is 4.63. The van der Waals surface area contributed by atoms with E-state index in [2.05, 4.69) is 48.9 Å². The van der Waals surface area contributed by atoms with Crippen molar-refractivity contribution in [1.82, 2.24) is 10.6 Å². The van der Waals surface area contributed by atoms with Gasteiger partial charge in [-0.05, 0) is 62.7 Å². The zero-order valence-electron chi connectivity index (χ0n) is 12.4. The van der Waals surface area contributed by atoms with Gasteiger partial charge in [0, 0.05) is 12.6 Å². The van der Waals surface area contributed by atoms with E-state index in [1.807, 2.05) is 0 Å². The second-order valence-corrected chi connectivity index (χ2v) is 5.81. The third-order valence-corrected chi connectivity index (χ3v) is 4.45. The highest BCUT2D eigenvalue weighted by molar-refractivity contribution is 5.22. The second-order valence-electron chi connectivity index (χ2n) is 5.81. The number of hydrogen-bond donors (Lipinski definition) is 2. The number of rotatable bonds is 6. The molecule has 1 fully saturated rings. The third-order valence-electron chi connectivity index (χ3n) is 4.45. The summed E-state index contributed by atoms with van der Waals surface area (Å²) in [7, 11) is 2.09. The topological polar surface area (TPSA) is 24.1 Å².